The molecule has 0 spiro atoms. The molecule has 1 unspecified atom stereocenters. The van der Waals surface area contributed by atoms with Crippen LogP contribution in [0.15, 0.2) is 30.3 Å². The average molecular weight is 264 g/mol. The van der Waals surface area contributed by atoms with Crippen LogP contribution >= 0.6 is 0 Å². The maximum absolute atomic E-state index is 11.6. The number of carboxylic acid groups (broad SMARTS) is 1. The van der Waals surface area contributed by atoms with Gasteiger partial charge in [-0.2, -0.15) is 0 Å². The maximum atomic E-state index is 11.6. The molecule has 0 bridgehead atoms. The zero-order chi connectivity index (χ0) is 13.8. The van der Waals surface area contributed by atoms with Gasteiger partial charge in [0.25, 0.3) is 0 Å². The normalized spacial score (nSPS) is 18.0. The fraction of sp³-hybridized carbons (Fsp3) is 0.250. The SMILES string of the molecule is O=C(O)C1CN(C(=O)OCc2ccccc2)C(=O)N1. The minimum absolute atomic E-state index is 0.0290. The maximum Gasteiger partial charge on any atom is 0.418 e. The Morgan fingerprint density at radius 2 is 2.05 bits per heavy atom. The first kappa shape index (κ1) is 12.9. The molecule has 1 aromatic carbocycles. The van der Waals surface area contributed by atoms with E-state index in [0.29, 0.717) is 0 Å². The number of nitrogens with zero attached hydrogens (tertiary/aromatic N) is 1. The minimum atomic E-state index is -1.19. The minimum Gasteiger partial charge on any atom is -0.480 e. The predicted octanol–water partition coefficient (Wildman–Crippen LogP) is 0.802. The molecule has 0 saturated carbocycles. The van der Waals surface area contributed by atoms with Crippen LogP contribution < -0.4 is 5.32 Å². The second-order valence-electron chi connectivity index (χ2n) is 3.99. The van der Waals surface area contributed by atoms with Crippen molar-refractivity contribution in [3.05, 3.63) is 35.9 Å². The van der Waals surface area contributed by atoms with Crippen molar-refractivity contribution in [2.45, 2.75) is 12.6 Å². The molecule has 1 fully saturated rings. The summed E-state index contributed by atoms with van der Waals surface area (Å²) in [4.78, 5) is 34.5. The highest BCUT2D eigenvalue weighted by Gasteiger charge is 2.38. The topological polar surface area (TPSA) is 95.9 Å². The summed E-state index contributed by atoms with van der Waals surface area (Å²) in [5.41, 5.74) is 0.783. The van der Waals surface area contributed by atoms with E-state index in [-0.39, 0.29) is 13.2 Å². The van der Waals surface area contributed by atoms with Crippen molar-refractivity contribution in [3.63, 3.8) is 0 Å². The van der Waals surface area contributed by atoms with Crippen molar-refractivity contribution in [1.82, 2.24) is 10.2 Å². The van der Waals surface area contributed by atoms with E-state index in [4.69, 9.17) is 9.84 Å². The van der Waals surface area contributed by atoms with E-state index in [1.807, 2.05) is 6.07 Å². The molecule has 2 rings (SSSR count). The van der Waals surface area contributed by atoms with Crippen molar-refractivity contribution in [2.75, 3.05) is 6.54 Å². The van der Waals surface area contributed by atoms with Gasteiger partial charge in [-0.05, 0) is 5.56 Å². The number of carboxylic acids is 1. The Morgan fingerprint density at radius 3 is 2.63 bits per heavy atom. The molecule has 19 heavy (non-hydrogen) atoms. The van der Waals surface area contributed by atoms with Gasteiger partial charge in [0.05, 0.1) is 6.54 Å². The van der Waals surface area contributed by atoms with Crippen LogP contribution in [0.4, 0.5) is 9.59 Å². The van der Waals surface area contributed by atoms with Gasteiger partial charge in [-0.15, -0.1) is 0 Å². The smallest absolute Gasteiger partial charge is 0.418 e. The van der Waals surface area contributed by atoms with E-state index in [9.17, 15) is 14.4 Å². The number of amides is 3. The molecule has 0 aliphatic carbocycles. The predicted molar refractivity (Wildman–Crippen MR) is 63.3 cm³/mol. The summed E-state index contributed by atoms with van der Waals surface area (Å²) < 4.78 is 4.94. The molecule has 100 valence electrons. The van der Waals surface area contributed by atoms with Gasteiger partial charge in [-0.25, -0.2) is 19.3 Å². The quantitative estimate of drug-likeness (QED) is 0.841. The summed E-state index contributed by atoms with van der Waals surface area (Å²) in [6, 6.07) is 7.13. The molecule has 1 aliphatic heterocycles. The van der Waals surface area contributed by atoms with Gasteiger partial charge >= 0.3 is 18.1 Å². The number of urea groups is 1. The second-order valence-corrected chi connectivity index (χ2v) is 3.99. The molecule has 7 nitrogen and oxygen atoms in total. The molecule has 2 N–H and O–H groups in total. The molecular formula is C12H12N2O5. The highest BCUT2D eigenvalue weighted by atomic mass is 16.6. The van der Waals surface area contributed by atoms with Crippen molar-refractivity contribution in [1.29, 1.82) is 0 Å². The van der Waals surface area contributed by atoms with Crippen LogP contribution in [0.3, 0.4) is 0 Å². The van der Waals surface area contributed by atoms with Crippen LogP contribution in [0.25, 0.3) is 0 Å². The summed E-state index contributed by atoms with van der Waals surface area (Å²) in [6.07, 6.45) is -0.856. The van der Waals surface area contributed by atoms with E-state index in [1.54, 1.807) is 24.3 Å². The number of rotatable bonds is 3. The first-order valence-electron chi connectivity index (χ1n) is 5.59. The summed E-state index contributed by atoms with van der Waals surface area (Å²) in [5.74, 6) is -1.19. The first-order chi connectivity index (χ1) is 9.08. The van der Waals surface area contributed by atoms with Crippen LogP contribution in [-0.2, 0) is 16.1 Å². The van der Waals surface area contributed by atoms with Crippen LogP contribution in [0.5, 0.6) is 0 Å². The molecule has 0 aromatic heterocycles. The summed E-state index contributed by atoms with van der Waals surface area (Å²) in [7, 11) is 0. The Hall–Kier alpha value is -2.57. The third-order valence-corrected chi connectivity index (χ3v) is 2.63. The Bertz CT molecular complexity index is 502. The zero-order valence-corrected chi connectivity index (χ0v) is 9.91. The lowest BCUT2D eigenvalue weighted by Gasteiger charge is -2.12. The zero-order valence-electron chi connectivity index (χ0n) is 9.91. The van der Waals surface area contributed by atoms with Crippen molar-refractivity contribution in [2.24, 2.45) is 0 Å². The van der Waals surface area contributed by atoms with Gasteiger partial charge in [0.15, 0.2) is 0 Å². The first-order valence-corrected chi connectivity index (χ1v) is 5.59. The Balaban J connectivity index is 1.90. The van der Waals surface area contributed by atoms with Gasteiger partial charge in [-0.1, -0.05) is 30.3 Å². The highest BCUT2D eigenvalue weighted by molar-refractivity contribution is 5.96. The van der Waals surface area contributed by atoms with Crippen LogP contribution in [0, 0.1) is 0 Å². The lowest BCUT2D eigenvalue weighted by Crippen LogP contribution is -2.34. The summed E-state index contributed by atoms with van der Waals surface area (Å²) in [5, 5.41) is 10.9. The summed E-state index contributed by atoms with van der Waals surface area (Å²) >= 11 is 0. The Morgan fingerprint density at radius 1 is 1.37 bits per heavy atom. The van der Waals surface area contributed by atoms with Gasteiger partial charge in [-0.3, -0.25) is 0 Å². The summed E-state index contributed by atoms with van der Waals surface area (Å²) in [6.45, 7) is -0.205. The molecule has 7 heteroatoms. The average Bonchev–Trinajstić information content (AvgIpc) is 2.80. The number of hydrogen-bond acceptors (Lipinski definition) is 4. The number of hydrogen-bond donors (Lipinski definition) is 2. The second kappa shape index (κ2) is 5.38. The van der Waals surface area contributed by atoms with E-state index in [1.165, 1.54) is 0 Å². The Labute approximate surface area is 108 Å². The number of imide groups is 1. The molecule has 1 aliphatic rings. The lowest BCUT2D eigenvalue weighted by atomic mass is 10.2. The number of carbonyl (C=O) groups excluding carboxylic acids is 2. The molecule has 3 amide bonds. The highest BCUT2D eigenvalue weighted by Crippen LogP contribution is 2.08. The largest absolute Gasteiger partial charge is 0.480 e. The fourth-order valence-corrected chi connectivity index (χ4v) is 1.63. The third-order valence-electron chi connectivity index (χ3n) is 2.63. The van der Waals surface area contributed by atoms with E-state index >= 15 is 0 Å². The van der Waals surface area contributed by atoms with Gasteiger partial charge in [0.2, 0.25) is 0 Å². The number of ether oxygens (including phenoxy) is 1. The van der Waals surface area contributed by atoms with Crippen LogP contribution in [0.1, 0.15) is 5.56 Å². The van der Waals surface area contributed by atoms with Crippen molar-refractivity contribution >= 4 is 18.1 Å². The van der Waals surface area contributed by atoms with E-state index < -0.39 is 24.1 Å². The standard InChI is InChI=1S/C12H12N2O5/c15-10(16)9-6-14(11(17)13-9)12(18)19-7-8-4-2-1-3-5-8/h1-5,9H,6-7H2,(H,13,17)(H,15,16). The number of benzene rings is 1. The van der Waals surface area contributed by atoms with Crippen LogP contribution in [0.2, 0.25) is 0 Å². The fourth-order valence-electron chi connectivity index (χ4n) is 1.63. The van der Waals surface area contributed by atoms with Gasteiger partial charge in [0, 0.05) is 0 Å². The Kier molecular flexibility index (Phi) is 3.65. The van der Waals surface area contributed by atoms with Gasteiger partial charge in [0.1, 0.15) is 12.6 Å². The molecular weight excluding hydrogens is 252 g/mol. The van der Waals surface area contributed by atoms with Crippen LogP contribution in [-0.4, -0.2) is 40.7 Å². The van der Waals surface area contributed by atoms with E-state index in [2.05, 4.69) is 5.32 Å². The molecule has 1 aromatic rings. The molecule has 0 radical (unpaired) electrons. The van der Waals surface area contributed by atoms with E-state index in [0.717, 1.165) is 10.5 Å². The molecule has 1 heterocycles. The van der Waals surface area contributed by atoms with Crippen molar-refractivity contribution in [3.8, 4) is 0 Å². The lowest BCUT2D eigenvalue weighted by molar-refractivity contribution is -0.138. The number of nitrogens with one attached hydrogen (secondary N) is 1. The molecule has 1 saturated heterocycles. The number of aliphatic carboxylic acids is 1. The van der Waals surface area contributed by atoms with Gasteiger partial charge < -0.3 is 15.2 Å². The monoisotopic (exact) mass is 264 g/mol. The third kappa shape index (κ3) is 3.01. The van der Waals surface area contributed by atoms with Crippen molar-refractivity contribution < 1.29 is 24.2 Å². The number of carbonyl (C=O) groups is 3. The molecule has 1 atom stereocenters.